The molecule has 0 amide bonds. The summed E-state index contributed by atoms with van der Waals surface area (Å²) in [6.07, 6.45) is 0. The zero-order chi connectivity index (χ0) is 10.0. The summed E-state index contributed by atoms with van der Waals surface area (Å²) >= 11 is 3.34. The average Bonchev–Trinajstić information content (AvgIpc) is 2.10. The molecule has 1 atom stereocenters. The van der Waals surface area contributed by atoms with Gasteiger partial charge in [0, 0.05) is 4.47 Å². The first-order valence-electron chi connectivity index (χ1n) is 4.22. The van der Waals surface area contributed by atoms with Crippen LogP contribution in [-0.4, -0.2) is 6.54 Å². The fourth-order valence-corrected chi connectivity index (χ4v) is 1.83. The standard InChI is InChI=1S/C10H13BrFN/c1-6-3-8(11)4-9(10(6)12)7(2)5-13/h3-4,7H,5,13H2,1-2H3. The second-order valence-electron chi connectivity index (χ2n) is 3.26. The highest BCUT2D eigenvalue weighted by molar-refractivity contribution is 9.10. The van der Waals surface area contributed by atoms with Crippen LogP contribution in [0.1, 0.15) is 24.0 Å². The Balaban J connectivity index is 3.20. The van der Waals surface area contributed by atoms with Gasteiger partial charge in [0.15, 0.2) is 0 Å². The lowest BCUT2D eigenvalue weighted by Crippen LogP contribution is -2.11. The first-order valence-corrected chi connectivity index (χ1v) is 5.01. The highest BCUT2D eigenvalue weighted by atomic mass is 79.9. The second-order valence-corrected chi connectivity index (χ2v) is 4.18. The molecule has 1 aromatic carbocycles. The Morgan fingerprint density at radius 1 is 1.54 bits per heavy atom. The van der Waals surface area contributed by atoms with E-state index in [1.165, 1.54) is 0 Å². The average molecular weight is 246 g/mol. The number of aryl methyl sites for hydroxylation is 1. The van der Waals surface area contributed by atoms with Crippen molar-refractivity contribution in [3.63, 3.8) is 0 Å². The molecule has 72 valence electrons. The smallest absolute Gasteiger partial charge is 0.129 e. The summed E-state index contributed by atoms with van der Waals surface area (Å²) in [4.78, 5) is 0. The molecule has 2 N–H and O–H groups in total. The van der Waals surface area contributed by atoms with Gasteiger partial charge in [-0.3, -0.25) is 0 Å². The molecule has 0 aliphatic rings. The largest absolute Gasteiger partial charge is 0.330 e. The van der Waals surface area contributed by atoms with Crippen molar-refractivity contribution in [3.05, 3.63) is 33.5 Å². The molecule has 1 nitrogen and oxygen atoms in total. The molecule has 0 bridgehead atoms. The summed E-state index contributed by atoms with van der Waals surface area (Å²) < 4.78 is 14.4. The third kappa shape index (κ3) is 2.29. The molecule has 0 spiro atoms. The van der Waals surface area contributed by atoms with Crippen LogP contribution in [0.3, 0.4) is 0 Å². The van der Waals surface area contributed by atoms with Crippen molar-refractivity contribution in [2.45, 2.75) is 19.8 Å². The Morgan fingerprint density at radius 2 is 2.15 bits per heavy atom. The summed E-state index contributed by atoms with van der Waals surface area (Å²) in [5, 5.41) is 0. The van der Waals surface area contributed by atoms with Crippen molar-refractivity contribution in [2.24, 2.45) is 5.73 Å². The van der Waals surface area contributed by atoms with E-state index in [1.54, 1.807) is 19.1 Å². The van der Waals surface area contributed by atoms with Gasteiger partial charge < -0.3 is 5.73 Å². The topological polar surface area (TPSA) is 26.0 Å². The molecule has 0 aliphatic carbocycles. The number of hydrogen-bond acceptors (Lipinski definition) is 1. The van der Waals surface area contributed by atoms with E-state index in [4.69, 9.17) is 5.73 Å². The number of rotatable bonds is 2. The predicted molar refractivity (Wildman–Crippen MR) is 56.3 cm³/mol. The molecule has 0 aliphatic heterocycles. The first-order chi connectivity index (χ1) is 6.06. The first kappa shape index (κ1) is 10.7. The van der Waals surface area contributed by atoms with Crippen molar-refractivity contribution in [3.8, 4) is 0 Å². The van der Waals surface area contributed by atoms with Gasteiger partial charge in [-0.05, 0) is 42.6 Å². The molecule has 13 heavy (non-hydrogen) atoms. The minimum absolute atomic E-state index is 0.0659. The van der Waals surface area contributed by atoms with E-state index in [0.717, 1.165) is 4.47 Å². The van der Waals surface area contributed by atoms with Gasteiger partial charge in [0.2, 0.25) is 0 Å². The monoisotopic (exact) mass is 245 g/mol. The summed E-state index contributed by atoms with van der Waals surface area (Å²) in [7, 11) is 0. The van der Waals surface area contributed by atoms with Gasteiger partial charge in [-0.2, -0.15) is 0 Å². The molecule has 0 heterocycles. The highest BCUT2D eigenvalue weighted by Gasteiger charge is 2.12. The number of benzene rings is 1. The van der Waals surface area contributed by atoms with Gasteiger partial charge >= 0.3 is 0 Å². The molecule has 1 aromatic rings. The lowest BCUT2D eigenvalue weighted by atomic mass is 9.99. The summed E-state index contributed by atoms with van der Waals surface area (Å²) in [6.45, 7) is 4.14. The van der Waals surface area contributed by atoms with E-state index in [2.05, 4.69) is 15.9 Å². The minimum Gasteiger partial charge on any atom is -0.330 e. The predicted octanol–water partition coefficient (Wildman–Crippen LogP) is 2.96. The van der Waals surface area contributed by atoms with E-state index in [-0.39, 0.29) is 11.7 Å². The maximum atomic E-state index is 13.5. The third-order valence-corrected chi connectivity index (χ3v) is 2.59. The van der Waals surface area contributed by atoms with Gasteiger partial charge in [-0.25, -0.2) is 4.39 Å². The quantitative estimate of drug-likeness (QED) is 0.852. The van der Waals surface area contributed by atoms with Gasteiger partial charge in [0.05, 0.1) is 0 Å². The molecule has 1 unspecified atom stereocenters. The molecular formula is C10H13BrFN. The van der Waals surface area contributed by atoms with E-state index in [1.807, 2.05) is 6.92 Å². The van der Waals surface area contributed by atoms with E-state index in [9.17, 15) is 4.39 Å². The Kier molecular flexibility index (Phi) is 3.45. The molecule has 0 aromatic heterocycles. The Bertz CT molecular complexity index is 312. The summed E-state index contributed by atoms with van der Waals surface area (Å²) in [6, 6.07) is 3.56. The van der Waals surface area contributed by atoms with Crippen molar-refractivity contribution < 1.29 is 4.39 Å². The number of halogens is 2. The fourth-order valence-electron chi connectivity index (χ4n) is 1.24. The molecule has 1 rings (SSSR count). The second kappa shape index (κ2) is 4.20. The maximum absolute atomic E-state index is 13.5. The summed E-state index contributed by atoms with van der Waals surface area (Å²) in [5.74, 6) is -0.0719. The molecular weight excluding hydrogens is 233 g/mol. The molecule has 3 heteroatoms. The minimum atomic E-state index is -0.138. The molecule has 0 fully saturated rings. The highest BCUT2D eigenvalue weighted by Crippen LogP contribution is 2.25. The van der Waals surface area contributed by atoms with Crippen LogP contribution in [0.15, 0.2) is 16.6 Å². The van der Waals surface area contributed by atoms with Crippen LogP contribution in [0.2, 0.25) is 0 Å². The van der Waals surface area contributed by atoms with E-state index in [0.29, 0.717) is 17.7 Å². The van der Waals surface area contributed by atoms with Crippen LogP contribution in [0.25, 0.3) is 0 Å². The van der Waals surface area contributed by atoms with Crippen LogP contribution in [0.4, 0.5) is 4.39 Å². The van der Waals surface area contributed by atoms with Crippen molar-refractivity contribution in [1.82, 2.24) is 0 Å². The molecule has 0 saturated heterocycles. The van der Waals surface area contributed by atoms with Gasteiger partial charge in [0.1, 0.15) is 5.82 Å². The van der Waals surface area contributed by atoms with Gasteiger partial charge in [-0.1, -0.05) is 22.9 Å². The fraction of sp³-hybridized carbons (Fsp3) is 0.400. The van der Waals surface area contributed by atoms with Crippen LogP contribution in [0.5, 0.6) is 0 Å². The van der Waals surface area contributed by atoms with E-state index < -0.39 is 0 Å². The van der Waals surface area contributed by atoms with E-state index >= 15 is 0 Å². The van der Waals surface area contributed by atoms with Crippen molar-refractivity contribution >= 4 is 15.9 Å². The Morgan fingerprint density at radius 3 is 2.69 bits per heavy atom. The maximum Gasteiger partial charge on any atom is 0.129 e. The Hall–Kier alpha value is -0.410. The normalized spacial score (nSPS) is 13.0. The molecule has 0 radical (unpaired) electrons. The van der Waals surface area contributed by atoms with Crippen LogP contribution >= 0.6 is 15.9 Å². The number of nitrogens with two attached hydrogens (primary N) is 1. The lowest BCUT2D eigenvalue weighted by Gasteiger charge is -2.12. The van der Waals surface area contributed by atoms with Crippen molar-refractivity contribution in [1.29, 1.82) is 0 Å². The van der Waals surface area contributed by atoms with Gasteiger partial charge in [-0.15, -0.1) is 0 Å². The van der Waals surface area contributed by atoms with Gasteiger partial charge in [0.25, 0.3) is 0 Å². The third-order valence-electron chi connectivity index (χ3n) is 2.13. The lowest BCUT2D eigenvalue weighted by molar-refractivity contribution is 0.582. The summed E-state index contributed by atoms with van der Waals surface area (Å²) in [5.41, 5.74) is 6.84. The van der Waals surface area contributed by atoms with Crippen LogP contribution in [-0.2, 0) is 0 Å². The van der Waals surface area contributed by atoms with Crippen molar-refractivity contribution in [2.75, 3.05) is 6.54 Å². The Labute approximate surface area is 86.3 Å². The number of hydrogen-bond donors (Lipinski definition) is 1. The zero-order valence-electron chi connectivity index (χ0n) is 7.77. The zero-order valence-corrected chi connectivity index (χ0v) is 9.36. The van der Waals surface area contributed by atoms with Crippen LogP contribution in [0, 0.1) is 12.7 Å². The van der Waals surface area contributed by atoms with Crippen LogP contribution < -0.4 is 5.73 Å². The SMILES string of the molecule is Cc1cc(Br)cc(C(C)CN)c1F. The molecule has 0 saturated carbocycles.